The molecule has 0 radical (unpaired) electrons. The monoisotopic (exact) mass is 444 g/mol. The first kappa shape index (κ1) is 22.5. The topological polar surface area (TPSA) is 85.9 Å². The first-order valence-corrected chi connectivity index (χ1v) is 10.3. The molecule has 1 atom stereocenters. The van der Waals surface area contributed by atoms with E-state index >= 15 is 0 Å². The third kappa shape index (κ3) is 5.11. The van der Waals surface area contributed by atoms with Crippen LogP contribution in [0.2, 0.25) is 5.02 Å². The number of carbonyl (C=O) groups is 2. The van der Waals surface area contributed by atoms with Gasteiger partial charge < -0.3 is 24.8 Å². The van der Waals surface area contributed by atoms with Crippen molar-refractivity contribution in [3.8, 4) is 11.5 Å². The van der Waals surface area contributed by atoms with Gasteiger partial charge in [0.1, 0.15) is 11.5 Å². The lowest BCUT2D eigenvalue weighted by atomic mass is 9.92. The molecule has 2 aromatic carbocycles. The van der Waals surface area contributed by atoms with E-state index in [1.807, 2.05) is 13.8 Å². The predicted molar refractivity (Wildman–Crippen MR) is 118 cm³/mol. The maximum Gasteiger partial charge on any atom is 0.338 e. The SMILES string of the molecule is CCOC(=O)C1=C(c2ccc(OC)cc2)NC(=O)NC1c1ccc(OC(C)C)c(Cl)c1. The summed E-state index contributed by atoms with van der Waals surface area (Å²) in [6.45, 7) is 5.73. The fraction of sp³-hybridized carbons (Fsp3) is 0.304. The highest BCUT2D eigenvalue weighted by atomic mass is 35.5. The van der Waals surface area contributed by atoms with E-state index in [9.17, 15) is 9.59 Å². The first-order valence-electron chi connectivity index (χ1n) is 9.93. The minimum Gasteiger partial charge on any atom is -0.497 e. The molecule has 0 saturated carbocycles. The van der Waals surface area contributed by atoms with E-state index in [0.717, 1.165) is 0 Å². The van der Waals surface area contributed by atoms with Gasteiger partial charge in [0.15, 0.2) is 0 Å². The number of nitrogens with one attached hydrogen (secondary N) is 2. The van der Waals surface area contributed by atoms with Crippen molar-refractivity contribution in [1.82, 2.24) is 10.6 Å². The lowest BCUT2D eigenvalue weighted by Crippen LogP contribution is -2.45. The Bertz CT molecular complexity index is 1000. The van der Waals surface area contributed by atoms with Crippen LogP contribution in [0.15, 0.2) is 48.0 Å². The standard InChI is InChI=1S/C23H25ClN2O5/c1-5-30-22(27)19-20(14-6-9-16(29-4)10-7-14)25-23(28)26-21(19)15-8-11-18(17(24)12-15)31-13(2)3/h6-13,21H,5H2,1-4H3,(H2,25,26,28). The van der Waals surface area contributed by atoms with Gasteiger partial charge in [0.2, 0.25) is 0 Å². The molecule has 0 saturated heterocycles. The molecule has 1 unspecified atom stereocenters. The Morgan fingerprint density at radius 1 is 1.16 bits per heavy atom. The van der Waals surface area contributed by atoms with Crippen LogP contribution < -0.4 is 20.1 Å². The lowest BCUT2D eigenvalue weighted by Gasteiger charge is -2.30. The summed E-state index contributed by atoms with van der Waals surface area (Å²) in [6.07, 6.45) is -0.0430. The van der Waals surface area contributed by atoms with Crippen molar-refractivity contribution in [1.29, 1.82) is 0 Å². The number of benzene rings is 2. The molecule has 0 bridgehead atoms. The fourth-order valence-electron chi connectivity index (χ4n) is 3.27. The van der Waals surface area contributed by atoms with Crippen LogP contribution in [-0.2, 0) is 9.53 Å². The molecule has 0 fully saturated rings. The summed E-state index contributed by atoms with van der Waals surface area (Å²) in [7, 11) is 1.57. The van der Waals surface area contributed by atoms with Gasteiger partial charge in [0.25, 0.3) is 0 Å². The van der Waals surface area contributed by atoms with Crippen LogP contribution in [0.1, 0.15) is 37.9 Å². The van der Waals surface area contributed by atoms with Gasteiger partial charge in [-0.1, -0.05) is 17.7 Å². The van der Waals surface area contributed by atoms with Gasteiger partial charge >= 0.3 is 12.0 Å². The Labute approximate surface area is 186 Å². The van der Waals surface area contributed by atoms with Gasteiger partial charge in [-0.3, -0.25) is 0 Å². The van der Waals surface area contributed by atoms with Crippen molar-refractivity contribution in [3.63, 3.8) is 0 Å². The second-order valence-corrected chi connectivity index (χ2v) is 7.53. The smallest absolute Gasteiger partial charge is 0.338 e. The van der Waals surface area contributed by atoms with Crippen molar-refractivity contribution in [2.45, 2.75) is 32.9 Å². The summed E-state index contributed by atoms with van der Waals surface area (Å²) >= 11 is 6.40. The average molecular weight is 445 g/mol. The van der Waals surface area contributed by atoms with Gasteiger partial charge in [0, 0.05) is 0 Å². The van der Waals surface area contributed by atoms with Crippen LogP contribution in [0.3, 0.4) is 0 Å². The largest absolute Gasteiger partial charge is 0.497 e. The number of hydrogen-bond donors (Lipinski definition) is 2. The highest BCUT2D eigenvalue weighted by molar-refractivity contribution is 6.32. The summed E-state index contributed by atoms with van der Waals surface area (Å²) in [4.78, 5) is 25.4. The third-order valence-electron chi connectivity index (χ3n) is 4.60. The molecule has 164 valence electrons. The van der Waals surface area contributed by atoms with Crippen molar-refractivity contribution < 1.29 is 23.8 Å². The normalized spacial score (nSPS) is 15.9. The molecule has 2 N–H and O–H groups in total. The van der Waals surface area contributed by atoms with Crippen LogP contribution >= 0.6 is 11.6 Å². The van der Waals surface area contributed by atoms with Gasteiger partial charge in [-0.05, 0) is 68.3 Å². The number of ether oxygens (including phenoxy) is 3. The molecule has 2 aromatic rings. The van der Waals surface area contributed by atoms with Crippen molar-refractivity contribution in [2.24, 2.45) is 0 Å². The number of methoxy groups -OCH3 is 1. The quantitative estimate of drug-likeness (QED) is 0.615. The Balaban J connectivity index is 2.11. The summed E-state index contributed by atoms with van der Waals surface area (Å²) in [5.41, 5.74) is 1.92. The highest BCUT2D eigenvalue weighted by Crippen LogP contribution is 2.36. The number of halogens is 1. The van der Waals surface area contributed by atoms with Crippen LogP contribution in [0, 0.1) is 0 Å². The van der Waals surface area contributed by atoms with Gasteiger partial charge in [-0.15, -0.1) is 0 Å². The maximum atomic E-state index is 12.9. The molecule has 8 heteroatoms. The van der Waals surface area contributed by atoms with Gasteiger partial charge in [-0.25, -0.2) is 9.59 Å². The molecule has 3 rings (SSSR count). The minimum absolute atomic E-state index is 0.0430. The fourth-order valence-corrected chi connectivity index (χ4v) is 3.51. The Hall–Kier alpha value is -3.19. The summed E-state index contributed by atoms with van der Waals surface area (Å²) in [6, 6.07) is 11.0. The molecular weight excluding hydrogens is 420 g/mol. The molecule has 31 heavy (non-hydrogen) atoms. The van der Waals surface area contributed by atoms with Gasteiger partial charge in [-0.2, -0.15) is 0 Å². The number of hydrogen-bond acceptors (Lipinski definition) is 5. The van der Waals surface area contributed by atoms with Crippen molar-refractivity contribution >= 4 is 29.3 Å². The Morgan fingerprint density at radius 2 is 1.87 bits per heavy atom. The van der Waals surface area contributed by atoms with E-state index in [1.165, 1.54) is 0 Å². The second-order valence-electron chi connectivity index (χ2n) is 7.13. The van der Waals surface area contributed by atoms with E-state index in [1.54, 1.807) is 56.5 Å². The maximum absolute atomic E-state index is 12.9. The first-order chi connectivity index (χ1) is 14.8. The molecule has 0 aromatic heterocycles. The second kappa shape index (κ2) is 9.75. The summed E-state index contributed by atoms with van der Waals surface area (Å²) in [5, 5.41) is 5.92. The Morgan fingerprint density at radius 3 is 2.45 bits per heavy atom. The molecule has 7 nitrogen and oxygen atoms in total. The summed E-state index contributed by atoms with van der Waals surface area (Å²) in [5.74, 6) is 0.647. The Kier molecular flexibility index (Phi) is 7.07. The highest BCUT2D eigenvalue weighted by Gasteiger charge is 2.34. The zero-order valence-electron chi connectivity index (χ0n) is 17.8. The predicted octanol–water partition coefficient (Wildman–Crippen LogP) is 4.46. The number of amides is 2. The van der Waals surface area contributed by atoms with Gasteiger partial charge in [0.05, 0.1) is 42.2 Å². The molecule has 1 aliphatic rings. The zero-order valence-corrected chi connectivity index (χ0v) is 18.6. The van der Waals surface area contributed by atoms with Crippen molar-refractivity contribution in [3.05, 3.63) is 64.2 Å². The molecule has 0 aliphatic carbocycles. The minimum atomic E-state index is -0.754. The number of urea groups is 1. The van der Waals surface area contributed by atoms with Crippen LogP contribution in [0.25, 0.3) is 5.70 Å². The van der Waals surface area contributed by atoms with Crippen LogP contribution in [0.5, 0.6) is 11.5 Å². The molecule has 0 spiro atoms. The van der Waals surface area contributed by atoms with Crippen LogP contribution in [0.4, 0.5) is 4.79 Å². The molecular formula is C23H25ClN2O5. The van der Waals surface area contributed by atoms with E-state index in [-0.39, 0.29) is 18.3 Å². The van der Waals surface area contributed by atoms with E-state index in [0.29, 0.717) is 33.3 Å². The molecule has 2 amide bonds. The molecule has 1 aliphatic heterocycles. The molecule has 1 heterocycles. The zero-order chi connectivity index (χ0) is 22.5. The number of rotatable bonds is 7. The lowest BCUT2D eigenvalue weighted by molar-refractivity contribution is -0.138. The van der Waals surface area contributed by atoms with E-state index < -0.39 is 18.0 Å². The number of esters is 1. The van der Waals surface area contributed by atoms with Crippen molar-refractivity contribution in [2.75, 3.05) is 13.7 Å². The number of carbonyl (C=O) groups excluding carboxylic acids is 2. The van der Waals surface area contributed by atoms with E-state index in [2.05, 4.69) is 10.6 Å². The van der Waals surface area contributed by atoms with E-state index in [4.69, 9.17) is 25.8 Å². The summed E-state index contributed by atoms with van der Waals surface area (Å²) < 4.78 is 16.2. The van der Waals surface area contributed by atoms with Crippen LogP contribution in [-0.4, -0.2) is 31.8 Å². The average Bonchev–Trinajstić information content (AvgIpc) is 2.74. The third-order valence-corrected chi connectivity index (χ3v) is 4.89.